The second-order valence-corrected chi connectivity index (χ2v) is 5.40. The highest BCUT2D eigenvalue weighted by atomic mass is 16.5. The molecule has 0 radical (unpaired) electrons. The van der Waals surface area contributed by atoms with Crippen LogP contribution in [0.15, 0.2) is 48.5 Å². The van der Waals surface area contributed by atoms with Gasteiger partial charge in [-0.1, -0.05) is 6.92 Å². The third-order valence-electron chi connectivity index (χ3n) is 3.50. The van der Waals surface area contributed by atoms with E-state index in [1.54, 1.807) is 69.5 Å². The molecule has 6 heteroatoms. The molecule has 132 valence electrons. The maximum atomic E-state index is 12.2. The maximum Gasteiger partial charge on any atom is 0.265 e. The van der Waals surface area contributed by atoms with Crippen LogP contribution in [0, 0.1) is 0 Å². The normalized spacial score (nSPS) is 11.3. The van der Waals surface area contributed by atoms with Gasteiger partial charge in [0.15, 0.2) is 6.10 Å². The fourth-order valence-corrected chi connectivity index (χ4v) is 2.04. The van der Waals surface area contributed by atoms with Gasteiger partial charge in [0, 0.05) is 17.8 Å². The molecule has 0 fully saturated rings. The van der Waals surface area contributed by atoms with Gasteiger partial charge in [0.1, 0.15) is 11.5 Å². The lowest BCUT2D eigenvalue weighted by Gasteiger charge is -2.15. The first-order valence-corrected chi connectivity index (χ1v) is 8.03. The fourth-order valence-electron chi connectivity index (χ4n) is 2.04. The van der Waals surface area contributed by atoms with Crippen LogP contribution in [-0.2, 0) is 9.59 Å². The largest absolute Gasteiger partial charge is 0.497 e. The second-order valence-electron chi connectivity index (χ2n) is 5.40. The quantitative estimate of drug-likeness (QED) is 0.808. The summed E-state index contributed by atoms with van der Waals surface area (Å²) in [6.45, 7) is 3.46. The van der Waals surface area contributed by atoms with Crippen LogP contribution in [0.4, 0.5) is 11.4 Å². The molecule has 0 aromatic heterocycles. The van der Waals surface area contributed by atoms with Gasteiger partial charge in [-0.05, 0) is 55.5 Å². The van der Waals surface area contributed by atoms with E-state index in [9.17, 15) is 9.59 Å². The Morgan fingerprint density at radius 1 is 0.920 bits per heavy atom. The Labute approximate surface area is 147 Å². The zero-order chi connectivity index (χ0) is 18.2. The number of carbonyl (C=O) groups excluding carboxylic acids is 2. The number of methoxy groups -OCH3 is 1. The van der Waals surface area contributed by atoms with E-state index in [0.29, 0.717) is 23.5 Å². The lowest BCUT2D eigenvalue weighted by atomic mass is 10.2. The minimum atomic E-state index is -0.659. The molecule has 1 atom stereocenters. The minimum absolute atomic E-state index is 0.0571. The van der Waals surface area contributed by atoms with Crippen LogP contribution < -0.4 is 20.1 Å². The van der Waals surface area contributed by atoms with Crippen molar-refractivity contribution in [2.24, 2.45) is 0 Å². The molecule has 0 spiro atoms. The van der Waals surface area contributed by atoms with Crippen molar-refractivity contribution >= 4 is 23.2 Å². The average molecular weight is 342 g/mol. The predicted octanol–water partition coefficient (Wildman–Crippen LogP) is 3.45. The molecular weight excluding hydrogens is 320 g/mol. The van der Waals surface area contributed by atoms with Gasteiger partial charge in [0.05, 0.1) is 7.11 Å². The van der Waals surface area contributed by atoms with Crippen LogP contribution in [0.1, 0.15) is 20.3 Å². The van der Waals surface area contributed by atoms with Crippen molar-refractivity contribution < 1.29 is 19.1 Å². The number of carbonyl (C=O) groups is 2. The number of hydrogen-bond donors (Lipinski definition) is 2. The molecule has 2 N–H and O–H groups in total. The number of hydrogen-bond acceptors (Lipinski definition) is 4. The summed E-state index contributed by atoms with van der Waals surface area (Å²) < 4.78 is 10.7. The summed E-state index contributed by atoms with van der Waals surface area (Å²) in [6, 6.07) is 13.9. The second kappa shape index (κ2) is 8.73. The van der Waals surface area contributed by atoms with Crippen LogP contribution in [0.3, 0.4) is 0 Å². The predicted molar refractivity (Wildman–Crippen MR) is 97.1 cm³/mol. The Kier molecular flexibility index (Phi) is 6.39. The molecule has 0 aliphatic rings. The van der Waals surface area contributed by atoms with Crippen molar-refractivity contribution in [3.63, 3.8) is 0 Å². The van der Waals surface area contributed by atoms with E-state index in [4.69, 9.17) is 9.47 Å². The van der Waals surface area contributed by atoms with Gasteiger partial charge < -0.3 is 20.1 Å². The molecule has 0 aliphatic heterocycles. The summed E-state index contributed by atoms with van der Waals surface area (Å²) in [5, 5.41) is 5.53. The Bertz CT molecular complexity index is 711. The van der Waals surface area contributed by atoms with Gasteiger partial charge in [0.2, 0.25) is 5.91 Å². The summed E-state index contributed by atoms with van der Waals surface area (Å²) in [4.78, 5) is 23.6. The third kappa shape index (κ3) is 5.53. The zero-order valence-corrected chi connectivity index (χ0v) is 14.5. The number of anilines is 2. The highest BCUT2D eigenvalue weighted by Gasteiger charge is 2.15. The van der Waals surface area contributed by atoms with E-state index < -0.39 is 6.10 Å². The summed E-state index contributed by atoms with van der Waals surface area (Å²) in [7, 11) is 1.59. The van der Waals surface area contributed by atoms with E-state index in [1.165, 1.54) is 0 Å². The first kappa shape index (κ1) is 18.3. The van der Waals surface area contributed by atoms with Gasteiger partial charge >= 0.3 is 0 Å². The average Bonchev–Trinajstić information content (AvgIpc) is 2.63. The first-order chi connectivity index (χ1) is 12.0. The number of nitrogens with one attached hydrogen (secondary N) is 2. The molecule has 0 saturated heterocycles. The monoisotopic (exact) mass is 342 g/mol. The van der Waals surface area contributed by atoms with Gasteiger partial charge in [-0.3, -0.25) is 9.59 Å². The molecule has 2 aromatic rings. The molecule has 2 rings (SSSR count). The zero-order valence-electron chi connectivity index (χ0n) is 14.5. The highest BCUT2D eigenvalue weighted by molar-refractivity contribution is 5.95. The van der Waals surface area contributed by atoms with Crippen LogP contribution >= 0.6 is 0 Å². The molecule has 0 saturated carbocycles. The summed E-state index contributed by atoms with van der Waals surface area (Å²) in [5.74, 6) is 0.986. The Morgan fingerprint density at radius 2 is 1.44 bits per heavy atom. The third-order valence-corrected chi connectivity index (χ3v) is 3.50. The molecule has 2 aromatic carbocycles. The topological polar surface area (TPSA) is 76.7 Å². The number of amides is 2. The van der Waals surface area contributed by atoms with E-state index in [-0.39, 0.29) is 11.8 Å². The first-order valence-electron chi connectivity index (χ1n) is 8.03. The Balaban J connectivity index is 1.90. The minimum Gasteiger partial charge on any atom is -0.497 e. The standard InChI is InChI=1S/C19H22N2O4/c1-4-18(22)20-14-5-7-15(8-6-14)21-19(23)13(2)25-17-11-9-16(24-3)10-12-17/h5-13H,4H2,1-3H3,(H,20,22)(H,21,23). The number of benzene rings is 2. The molecular formula is C19H22N2O4. The van der Waals surface area contributed by atoms with Crippen molar-refractivity contribution in [3.8, 4) is 11.5 Å². The van der Waals surface area contributed by atoms with Gasteiger partial charge in [-0.2, -0.15) is 0 Å². The van der Waals surface area contributed by atoms with Crippen molar-refractivity contribution in [2.75, 3.05) is 17.7 Å². The lowest BCUT2D eigenvalue weighted by Crippen LogP contribution is -2.30. The van der Waals surface area contributed by atoms with E-state index in [2.05, 4.69) is 10.6 Å². The molecule has 0 heterocycles. The lowest BCUT2D eigenvalue weighted by molar-refractivity contribution is -0.122. The van der Waals surface area contributed by atoms with Crippen LogP contribution in [0.5, 0.6) is 11.5 Å². The summed E-state index contributed by atoms with van der Waals surface area (Å²) >= 11 is 0. The van der Waals surface area contributed by atoms with Crippen molar-refractivity contribution in [1.29, 1.82) is 0 Å². The van der Waals surface area contributed by atoms with Crippen LogP contribution in [0.2, 0.25) is 0 Å². The molecule has 1 unspecified atom stereocenters. The number of ether oxygens (including phenoxy) is 2. The van der Waals surface area contributed by atoms with E-state index in [0.717, 1.165) is 5.75 Å². The Morgan fingerprint density at radius 3 is 1.96 bits per heavy atom. The van der Waals surface area contributed by atoms with Crippen LogP contribution in [0.25, 0.3) is 0 Å². The van der Waals surface area contributed by atoms with Crippen molar-refractivity contribution in [1.82, 2.24) is 0 Å². The van der Waals surface area contributed by atoms with Gasteiger partial charge in [0.25, 0.3) is 5.91 Å². The molecule has 2 amide bonds. The van der Waals surface area contributed by atoms with Crippen molar-refractivity contribution in [3.05, 3.63) is 48.5 Å². The maximum absolute atomic E-state index is 12.2. The molecule has 0 aliphatic carbocycles. The van der Waals surface area contributed by atoms with E-state index >= 15 is 0 Å². The molecule has 6 nitrogen and oxygen atoms in total. The van der Waals surface area contributed by atoms with Gasteiger partial charge in [-0.15, -0.1) is 0 Å². The molecule has 25 heavy (non-hydrogen) atoms. The Hall–Kier alpha value is -3.02. The smallest absolute Gasteiger partial charge is 0.265 e. The van der Waals surface area contributed by atoms with Crippen LogP contribution in [-0.4, -0.2) is 25.0 Å². The van der Waals surface area contributed by atoms with Crippen molar-refractivity contribution in [2.45, 2.75) is 26.4 Å². The fraction of sp³-hybridized carbons (Fsp3) is 0.263. The number of rotatable bonds is 7. The highest BCUT2D eigenvalue weighted by Crippen LogP contribution is 2.19. The SMILES string of the molecule is CCC(=O)Nc1ccc(NC(=O)C(C)Oc2ccc(OC)cc2)cc1. The summed E-state index contributed by atoms with van der Waals surface area (Å²) in [6.07, 6.45) is -0.244. The summed E-state index contributed by atoms with van der Waals surface area (Å²) in [5.41, 5.74) is 1.32. The molecule has 0 bridgehead atoms. The van der Waals surface area contributed by atoms with E-state index in [1.807, 2.05) is 0 Å². The van der Waals surface area contributed by atoms with Gasteiger partial charge in [-0.25, -0.2) is 0 Å².